The summed E-state index contributed by atoms with van der Waals surface area (Å²) in [7, 11) is 0. The van der Waals surface area contributed by atoms with Crippen LogP contribution in [0.15, 0.2) is 12.5 Å². The van der Waals surface area contributed by atoms with Crippen molar-refractivity contribution in [1.29, 1.82) is 0 Å². The molecule has 0 bridgehead atoms. The van der Waals surface area contributed by atoms with Crippen LogP contribution in [0.1, 0.15) is 26.0 Å². The zero-order chi connectivity index (χ0) is 15.8. The van der Waals surface area contributed by atoms with E-state index in [1.807, 2.05) is 13.8 Å². The second-order valence-corrected chi connectivity index (χ2v) is 4.99. The van der Waals surface area contributed by atoms with Crippen molar-refractivity contribution in [2.75, 3.05) is 13.2 Å². The van der Waals surface area contributed by atoms with E-state index in [2.05, 4.69) is 15.3 Å². The van der Waals surface area contributed by atoms with Gasteiger partial charge in [-0.25, -0.2) is 14.6 Å². The van der Waals surface area contributed by atoms with Gasteiger partial charge in [0.05, 0.1) is 6.33 Å². The molecule has 0 aliphatic heterocycles. The quantitative estimate of drug-likeness (QED) is 0.547. The van der Waals surface area contributed by atoms with E-state index >= 15 is 0 Å². The Hall–Kier alpha value is -2.09. The minimum atomic E-state index is -1.11. The van der Waals surface area contributed by atoms with Crippen LogP contribution in [-0.4, -0.2) is 62.3 Å². The number of rotatable bonds is 8. The van der Waals surface area contributed by atoms with Gasteiger partial charge in [-0.15, -0.1) is 0 Å². The number of amides is 2. The van der Waals surface area contributed by atoms with E-state index in [0.717, 1.165) is 0 Å². The molecule has 0 fully saturated rings. The topological polar surface area (TPSA) is 119 Å². The molecule has 1 aromatic heterocycles. The summed E-state index contributed by atoms with van der Waals surface area (Å²) in [6, 6.07) is -1.57. The lowest BCUT2D eigenvalue weighted by atomic mass is 10.1. The van der Waals surface area contributed by atoms with Gasteiger partial charge in [0.25, 0.3) is 0 Å². The highest BCUT2D eigenvalue weighted by atomic mass is 16.4. The van der Waals surface area contributed by atoms with Gasteiger partial charge >= 0.3 is 12.0 Å². The lowest BCUT2D eigenvalue weighted by Crippen LogP contribution is -2.51. The Morgan fingerprint density at radius 3 is 2.67 bits per heavy atom. The third kappa shape index (κ3) is 5.42. The van der Waals surface area contributed by atoms with Crippen LogP contribution in [0.25, 0.3) is 0 Å². The van der Waals surface area contributed by atoms with Gasteiger partial charge in [0, 0.05) is 37.5 Å². The van der Waals surface area contributed by atoms with Gasteiger partial charge in [0.2, 0.25) is 0 Å². The number of aliphatic carboxylic acids is 1. The smallest absolute Gasteiger partial charge is 0.326 e. The van der Waals surface area contributed by atoms with Gasteiger partial charge in [-0.3, -0.25) is 0 Å². The first-order chi connectivity index (χ1) is 9.95. The molecule has 21 heavy (non-hydrogen) atoms. The van der Waals surface area contributed by atoms with E-state index in [1.165, 1.54) is 17.4 Å². The molecular formula is C13H22N4O4. The number of hydrogen-bond acceptors (Lipinski definition) is 4. The second kappa shape index (κ2) is 8.25. The van der Waals surface area contributed by atoms with Gasteiger partial charge in [0.1, 0.15) is 6.04 Å². The Bertz CT molecular complexity index is 447. The first-order valence-corrected chi connectivity index (χ1v) is 6.83. The van der Waals surface area contributed by atoms with Crippen LogP contribution in [-0.2, 0) is 11.2 Å². The van der Waals surface area contributed by atoms with Crippen molar-refractivity contribution in [1.82, 2.24) is 20.2 Å². The van der Waals surface area contributed by atoms with Gasteiger partial charge < -0.3 is 25.4 Å². The van der Waals surface area contributed by atoms with Crippen LogP contribution >= 0.6 is 0 Å². The Balaban J connectivity index is 2.67. The highest BCUT2D eigenvalue weighted by molar-refractivity contribution is 5.82. The normalized spacial score (nSPS) is 12.2. The van der Waals surface area contributed by atoms with E-state index in [-0.39, 0.29) is 19.1 Å². The van der Waals surface area contributed by atoms with Crippen LogP contribution in [0.4, 0.5) is 4.79 Å². The van der Waals surface area contributed by atoms with Crippen molar-refractivity contribution in [2.24, 2.45) is 0 Å². The standard InChI is InChI=1S/C13H22N4O4/c1-9(2)17(4-3-5-18)13(21)16-11(12(19)20)6-10-7-14-8-15-10/h7-9,11,18H,3-6H2,1-2H3,(H,14,15)(H,16,21)(H,19,20)/t11-/m1/s1. The summed E-state index contributed by atoms with van der Waals surface area (Å²) < 4.78 is 0. The Kier molecular flexibility index (Phi) is 6.67. The van der Waals surface area contributed by atoms with Crippen molar-refractivity contribution in [3.8, 4) is 0 Å². The lowest BCUT2D eigenvalue weighted by Gasteiger charge is -2.28. The molecule has 0 saturated heterocycles. The number of carbonyl (C=O) groups excluding carboxylic acids is 1. The number of carbonyl (C=O) groups is 2. The number of imidazole rings is 1. The second-order valence-electron chi connectivity index (χ2n) is 4.99. The van der Waals surface area contributed by atoms with Crippen molar-refractivity contribution >= 4 is 12.0 Å². The van der Waals surface area contributed by atoms with Gasteiger partial charge in [-0.2, -0.15) is 0 Å². The molecule has 8 heteroatoms. The third-order valence-corrected chi connectivity index (χ3v) is 3.02. The molecule has 0 aliphatic carbocycles. The molecule has 1 atom stereocenters. The molecule has 1 rings (SSSR count). The Labute approximate surface area is 123 Å². The first-order valence-electron chi connectivity index (χ1n) is 6.83. The molecule has 1 heterocycles. The molecule has 2 amide bonds. The van der Waals surface area contributed by atoms with Crippen LogP contribution in [0.3, 0.4) is 0 Å². The highest BCUT2D eigenvalue weighted by Gasteiger charge is 2.25. The number of carboxylic acids is 1. The highest BCUT2D eigenvalue weighted by Crippen LogP contribution is 2.04. The van der Waals surface area contributed by atoms with Crippen molar-refractivity contribution in [2.45, 2.75) is 38.8 Å². The maximum atomic E-state index is 12.2. The Morgan fingerprint density at radius 1 is 1.48 bits per heavy atom. The molecule has 0 unspecified atom stereocenters. The fraction of sp³-hybridized carbons (Fsp3) is 0.615. The summed E-state index contributed by atoms with van der Waals surface area (Å²) in [5, 5.41) is 20.6. The molecule has 0 spiro atoms. The fourth-order valence-electron chi connectivity index (χ4n) is 1.88. The fourth-order valence-corrected chi connectivity index (χ4v) is 1.88. The van der Waals surface area contributed by atoms with Crippen LogP contribution in [0.5, 0.6) is 0 Å². The number of aliphatic hydroxyl groups excluding tert-OH is 1. The monoisotopic (exact) mass is 298 g/mol. The molecule has 0 aromatic carbocycles. The molecule has 0 saturated carbocycles. The maximum Gasteiger partial charge on any atom is 0.326 e. The van der Waals surface area contributed by atoms with E-state index in [4.69, 9.17) is 5.11 Å². The predicted octanol–water partition coefficient (Wildman–Crippen LogP) is 0.208. The first kappa shape index (κ1) is 17.0. The van der Waals surface area contributed by atoms with Crippen LogP contribution in [0.2, 0.25) is 0 Å². The van der Waals surface area contributed by atoms with Crippen LogP contribution < -0.4 is 5.32 Å². The van der Waals surface area contributed by atoms with Crippen molar-refractivity contribution in [3.63, 3.8) is 0 Å². The zero-order valence-corrected chi connectivity index (χ0v) is 12.2. The number of aliphatic hydroxyl groups is 1. The number of hydrogen-bond donors (Lipinski definition) is 4. The predicted molar refractivity (Wildman–Crippen MR) is 75.8 cm³/mol. The van der Waals surface area contributed by atoms with Gasteiger partial charge in [0.15, 0.2) is 0 Å². The summed E-state index contributed by atoms with van der Waals surface area (Å²) in [4.78, 5) is 31.6. The number of H-pyrrole nitrogens is 1. The number of nitrogens with one attached hydrogen (secondary N) is 2. The average Bonchev–Trinajstić information content (AvgIpc) is 2.90. The van der Waals surface area contributed by atoms with Crippen LogP contribution in [0, 0.1) is 0 Å². The summed E-state index contributed by atoms with van der Waals surface area (Å²) in [6.45, 7) is 4.02. The van der Waals surface area contributed by atoms with Crippen molar-refractivity contribution in [3.05, 3.63) is 18.2 Å². The summed E-state index contributed by atoms with van der Waals surface area (Å²) in [5.41, 5.74) is 0.633. The SMILES string of the molecule is CC(C)N(CCCO)C(=O)N[C@H](Cc1cnc[nH]1)C(=O)O. The lowest BCUT2D eigenvalue weighted by molar-refractivity contribution is -0.139. The van der Waals surface area contributed by atoms with E-state index < -0.39 is 18.0 Å². The number of carboxylic acid groups (broad SMARTS) is 1. The summed E-state index contributed by atoms with van der Waals surface area (Å²) in [6.07, 6.45) is 3.56. The van der Waals surface area contributed by atoms with E-state index in [1.54, 1.807) is 0 Å². The molecule has 118 valence electrons. The van der Waals surface area contributed by atoms with Gasteiger partial charge in [-0.05, 0) is 20.3 Å². The Morgan fingerprint density at radius 2 is 2.19 bits per heavy atom. The van der Waals surface area contributed by atoms with Crippen molar-refractivity contribution < 1.29 is 19.8 Å². The molecular weight excluding hydrogens is 276 g/mol. The number of aromatic nitrogens is 2. The summed E-state index contributed by atoms with van der Waals surface area (Å²) >= 11 is 0. The molecule has 8 nitrogen and oxygen atoms in total. The molecule has 0 radical (unpaired) electrons. The summed E-state index contributed by atoms with van der Waals surface area (Å²) in [5.74, 6) is -1.11. The zero-order valence-electron chi connectivity index (χ0n) is 12.2. The molecule has 0 aliphatic rings. The maximum absolute atomic E-state index is 12.2. The minimum Gasteiger partial charge on any atom is -0.480 e. The van der Waals surface area contributed by atoms with E-state index in [9.17, 15) is 14.7 Å². The number of aromatic amines is 1. The third-order valence-electron chi connectivity index (χ3n) is 3.02. The minimum absolute atomic E-state index is 0.0208. The van der Waals surface area contributed by atoms with Gasteiger partial charge in [-0.1, -0.05) is 0 Å². The molecule has 4 N–H and O–H groups in total. The number of nitrogens with zero attached hydrogens (tertiary/aromatic N) is 2. The molecule has 1 aromatic rings. The largest absolute Gasteiger partial charge is 0.480 e. The van der Waals surface area contributed by atoms with E-state index in [0.29, 0.717) is 18.7 Å². The average molecular weight is 298 g/mol. The number of urea groups is 1.